The summed E-state index contributed by atoms with van der Waals surface area (Å²) in [6.45, 7) is 0.632. The van der Waals surface area contributed by atoms with Gasteiger partial charge >= 0.3 is 0 Å². The summed E-state index contributed by atoms with van der Waals surface area (Å²) < 4.78 is 21.4. The lowest BCUT2D eigenvalue weighted by Crippen LogP contribution is -2.40. The van der Waals surface area contributed by atoms with E-state index in [2.05, 4.69) is 4.98 Å². The molecular formula is C15H15FN2O2. The van der Waals surface area contributed by atoms with Gasteiger partial charge in [-0.25, -0.2) is 9.37 Å². The topological polar surface area (TPSA) is 47.3 Å². The van der Waals surface area contributed by atoms with Gasteiger partial charge in [-0.15, -0.1) is 0 Å². The molecule has 2 aliphatic rings. The average Bonchev–Trinajstić information content (AvgIpc) is 3.00. The van der Waals surface area contributed by atoms with Gasteiger partial charge in [-0.2, -0.15) is 0 Å². The molecule has 5 heteroatoms. The highest BCUT2D eigenvalue weighted by Crippen LogP contribution is 2.43. The van der Waals surface area contributed by atoms with Gasteiger partial charge in [-0.05, 0) is 36.6 Å². The number of nitrogens with zero attached hydrogens (tertiary/aromatic N) is 2. The molecule has 4 rings (SSSR count). The molecule has 2 aliphatic heterocycles. The number of rotatable bonds is 1. The third kappa shape index (κ3) is 1.63. The van der Waals surface area contributed by atoms with Crippen molar-refractivity contribution in [3.63, 3.8) is 0 Å². The number of hydrogen-bond acceptors (Lipinski definition) is 3. The van der Waals surface area contributed by atoms with Crippen LogP contribution in [0.25, 0.3) is 11.3 Å². The maximum Gasteiger partial charge on any atom is 0.123 e. The van der Waals surface area contributed by atoms with Gasteiger partial charge in [0.1, 0.15) is 11.9 Å². The molecule has 2 unspecified atom stereocenters. The Bertz CT molecular complexity index is 655. The van der Waals surface area contributed by atoms with Crippen LogP contribution in [0.4, 0.5) is 4.39 Å². The Morgan fingerprint density at radius 2 is 2.30 bits per heavy atom. The molecule has 0 radical (unpaired) electrons. The Morgan fingerprint density at radius 3 is 3.15 bits per heavy atom. The first-order valence-corrected chi connectivity index (χ1v) is 6.87. The van der Waals surface area contributed by atoms with E-state index in [0.717, 1.165) is 29.7 Å². The SMILES string of the molecule is OC1CCCOC1[C@@H]1c2cc(F)ccc2-c2cncn21. The lowest BCUT2D eigenvalue weighted by atomic mass is 9.93. The van der Waals surface area contributed by atoms with E-state index >= 15 is 0 Å². The molecule has 0 saturated carbocycles. The second-order valence-electron chi connectivity index (χ2n) is 5.41. The molecule has 4 nitrogen and oxygen atoms in total. The van der Waals surface area contributed by atoms with Crippen molar-refractivity contribution in [3.8, 4) is 11.3 Å². The number of ether oxygens (including phenoxy) is 1. The summed E-state index contributed by atoms with van der Waals surface area (Å²) in [5.74, 6) is -0.266. The maximum atomic E-state index is 13.6. The average molecular weight is 274 g/mol. The molecule has 104 valence electrons. The van der Waals surface area contributed by atoms with Crippen molar-refractivity contribution in [2.45, 2.75) is 31.1 Å². The Kier molecular flexibility index (Phi) is 2.65. The second kappa shape index (κ2) is 4.40. The molecule has 3 atom stereocenters. The van der Waals surface area contributed by atoms with E-state index in [-0.39, 0.29) is 18.0 Å². The van der Waals surface area contributed by atoms with Crippen LogP contribution in [-0.4, -0.2) is 33.5 Å². The molecule has 1 saturated heterocycles. The van der Waals surface area contributed by atoms with Crippen LogP contribution < -0.4 is 0 Å². The van der Waals surface area contributed by atoms with E-state index in [1.807, 2.05) is 4.57 Å². The lowest BCUT2D eigenvalue weighted by Gasteiger charge is -2.33. The third-order valence-electron chi connectivity index (χ3n) is 4.22. The summed E-state index contributed by atoms with van der Waals surface area (Å²) in [5, 5.41) is 10.2. The Hall–Kier alpha value is -1.72. The van der Waals surface area contributed by atoms with Gasteiger partial charge in [0.05, 0.1) is 30.4 Å². The quantitative estimate of drug-likeness (QED) is 0.866. The van der Waals surface area contributed by atoms with Crippen LogP contribution in [0.5, 0.6) is 0 Å². The number of aliphatic hydroxyl groups excluding tert-OH is 1. The standard InChI is InChI=1S/C15H15FN2O2/c16-9-3-4-10-11(6-9)14(18-8-17-7-12(10)18)15-13(19)2-1-5-20-15/h3-4,6-8,13-15,19H,1-2,5H2/t13?,14-,15?/m0/s1. The predicted octanol–water partition coefficient (Wildman–Crippen LogP) is 2.13. The van der Waals surface area contributed by atoms with Crippen molar-refractivity contribution >= 4 is 0 Å². The zero-order valence-electron chi connectivity index (χ0n) is 10.9. The van der Waals surface area contributed by atoms with E-state index in [9.17, 15) is 9.50 Å². The van der Waals surface area contributed by atoms with Crippen molar-refractivity contribution in [2.24, 2.45) is 0 Å². The van der Waals surface area contributed by atoms with Crippen LogP contribution in [0.2, 0.25) is 0 Å². The second-order valence-corrected chi connectivity index (χ2v) is 5.41. The first kappa shape index (κ1) is 12.1. The van der Waals surface area contributed by atoms with Gasteiger partial charge < -0.3 is 14.4 Å². The smallest absolute Gasteiger partial charge is 0.123 e. The summed E-state index contributed by atoms with van der Waals surface area (Å²) in [7, 11) is 0. The van der Waals surface area contributed by atoms with Gasteiger partial charge in [-0.1, -0.05) is 0 Å². The molecule has 0 aliphatic carbocycles. The third-order valence-corrected chi connectivity index (χ3v) is 4.22. The maximum absolute atomic E-state index is 13.6. The minimum atomic E-state index is -0.529. The summed E-state index contributed by atoms with van der Waals surface area (Å²) in [4.78, 5) is 4.17. The molecule has 0 bridgehead atoms. The van der Waals surface area contributed by atoms with E-state index in [4.69, 9.17) is 4.74 Å². The number of imidazole rings is 1. The van der Waals surface area contributed by atoms with Crippen LogP contribution in [0.15, 0.2) is 30.7 Å². The highest BCUT2D eigenvalue weighted by atomic mass is 19.1. The molecule has 1 aromatic heterocycles. The fourth-order valence-electron chi connectivity index (χ4n) is 3.32. The number of fused-ring (bicyclic) bond motifs is 3. The van der Waals surface area contributed by atoms with Crippen molar-refractivity contribution in [1.29, 1.82) is 0 Å². The fourth-order valence-corrected chi connectivity index (χ4v) is 3.32. The Morgan fingerprint density at radius 1 is 1.40 bits per heavy atom. The van der Waals surface area contributed by atoms with E-state index < -0.39 is 6.10 Å². The van der Waals surface area contributed by atoms with Crippen LogP contribution in [0, 0.1) is 5.82 Å². The normalized spacial score (nSPS) is 28.2. The largest absolute Gasteiger partial charge is 0.390 e. The van der Waals surface area contributed by atoms with Gasteiger partial charge in [0.2, 0.25) is 0 Å². The lowest BCUT2D eigenvalue weighted by molar-refractivity contribution is -0.0892. The highest BCUT2D eigenvalue weighted by molar-refractivity contribution is 5.69. The van der Waals surface area contributed by atoms with Gasteiger partial charge in [0.15, 0.2) is 0 Å². The molecule has 1 fully saturated rings. The highest BCUT2D eigenvalue weighted by Gasteiger charge is 2.40. The van der Waals surface area contributed by atoms with E-state index in [0.29, 0.717) is 6.61 Å². The minimum Gasteiger partial charge on any atom is -0.390 e. The fraction of sp³-hybridized carbons (Fsp3) is 0.400. The van der Waals surface area contributed by atoms with Crippen LogP contribution in [-0.2, 0) is 4.74 Å². The molecular weight excluding hydrogens is 259 g/mol. The number of halogens is 1. The number of hydrogen-bond donors (Lipinski definition) is 1. The zero-order chi connectivity index (χ0) is 13.7. The summed E-state index contributed by atoms with van der Waals surface area (Å²) in [6, 6.07) is 4.57. The summed E-state index contributed by atoms with van der Waals surface area (Å²) in [5.41, 5.74) is 2.79. The number of aromatic nitrogens is 2. The molecule has 20 heavy (non-hydrogen) atoms. The van der Waals surface area contributed by atoms with Crippen molar-refractivity contribution in [3.05, 3.63) is 42.1 Å². The molecule has 0 amide bonds. The van der Waals surface area contributed by atoms with Crippen molar-refractivity contribution < 1.29 is 14.2 Å². The summed E-state index contributed by atoms with van der Waals surface area (Å²) >= 11 is 0. The zero-order valence-corrected chi connectivity index (χ0v) is 10.9. The van der Waals surface area contributed by atoms with Crippen LogP contribution in [0.3, 0.4) is 0 Å². The van der Waals surface area contributed by atoms with Gasteiger partial charge in [0.25, 0.3) is 0 Å². The molecule has 0 spiro atoms. The number of aliphatic hydroxyl groups is 1. The van der Waals surface area contributed by atoms with Gasteiger partial charge in [-0.3, -0.25) is 0 Å². The van der Waals surface area contributed by atoms with E-state index in [1.54, 1.807) is 18.6 Å². The molecule has 1 aromatic carbocycles. The van der Waals surface area contributed by atoms with E-state index in [1.165, 1.54) is 12.1 Å². The Balaban J connectivity index is 1.85. The first-order chi connectivity index (χ1) is 9.75. The first-order valence-electron chi connectivity index (χ1n) is 6.87. The van der Waals surface area contributed by atoms with Crippen LogP contribution in [0.1, 0.15) is 24.4 Å². The number of benzene rings is 1. The van der Waals surface area contributed by atoms with Crippen LogP contribution >= 0.6 is 0 Å². The summed E-state index contributed by atoms with van der Waals surface area (Å²) in [6.07, 6.45) is 4.19. The van der Waals surface area contributed by atoms with Crippen molar-refractivity contribution in [1.82, 2.24) is 9.55 Å². The molecule has 3 heterocycles. The molecule has 2 aromatic rings. The Labute approximate surface area is 115 Å². The predicted molar refractivity (Wildman–Crippen MR) is 70.7 cm³/mol. The minimum absolute atomic E-state index is 0.200. The molecule has 1 N–H and O–H groups in total. The van der Waals surface area contributed by atoms with Crippen molar-refractivity contribution in [2.75, 3.05) is 6.61 Å². The van der Waals surface area contributed by atoms with Gasteiger partial charge in [0, 0.05) is 12.2 Å². The monoisotopic (exact) mass is 274 g/mol.